The summed E-state index contributed by atoms with van der Waals surface area (Å²) in [7, 11) is 1.37. The van der Waals surface area contributed by atoms with E-state index in [9.17, 15) is 14.9 Å². The van der Waals surface area contributed by atoms with Crippen LogP contribution >= 0.6 is 11.8 Å². The third-order valence-corrected chi connectivity index (χ3v) is 5.38. The molecule has 1 unspecified atom stereocenters. The number of carbonyl (C=O) groups excluding carboxylic acids is 1. The Morgan fingerprint density at radius 1 is 1.36 bits per heavy atom. The molecule has 8 nitrogen and oxygen atoms in total. The van der Waals surface area contributed by atoms with Crippen molar-refractivity contribution in [2.75, 3.05) is 18.2 Å². The minimum Gasteiger partial charge on any atom is -0.490 e. The van der Waals surface area contributed by atoms with E-state index in [2.05, 4.69) is 10.3 Å². The van der Waals surface area contributed by atoms with Gasteiger partial charge in [0.2, 0.25) is 5.75 Å². The minimum absolute atomic E-state index is 0.152. The Labute approximate surface area is 166 Å². The SMILES string of the molecule is COc1ccc(C(=O)Nc2cccc(C3(C)CCSC(N)=N3)c2)cc1[N+](=O)O. The molecule has 2 aromatic carbocycles. The summed E-state index contributed by atoms with van der Waals surface area (Å²) in [5.41, 5.74) is 7.04. The predicted octanol–water partition coefficient (Wildman–Crippen LogP) is 3.41. The second-order valence-electron chi connectivity index (χ2n) is 6.52. The van der Waals surface area contributed by atoms with E-state index >= 15 is 0 Å². The Hall–Kier alpha value is -3.07. The molecule has 0 radical (unpaired) electrons. The summed E-state index contributed by atoms with van der Waals surface area (Å²) in [6.07, 6.45) is 0.841. The summed E-state index contributed by atoms with van der Waals surface area (Å²) >= 11 is 1.53. The molecule has 2 aromatic rings. The second-order valence-corrected chi connectivity index (χ2v) is 7.63. The fourth-order valence-corrected chi connectivity index (χ4v) is 3.99. The molecule has 1 aliphatic rings. The third kappa shape index (κ3) is 4.09. The van der Waals surface area contributed by atoms with Gasteiger partial charge in [0.05, 0.1) is 17.6 Å². The highest BCUT2D eigenvalue weighted by Crippen LogP contribution is 2.36. The number of nitrogens with two attached hydrogens (primary N) is 1. The lowest BCUT2D eigenvalue weighted by Gasteiger charge is -2.30. The molecule has 0 aliphatic carbocycles. The van der Waals surface area contributed by atoms with E-state index in [1.165, 1.54) is 37.1 Å². The number of nitrogens with one attached hydrogen (secondary N) is 1. The molecule has 146 valence electrons. The van der Waals surface area contributed by atoms with Crippen LogP contribution in [0, 0.1) is 4.91 Å². The number of ether oxygens (including phenoxy) is 1. The van der Waals surface area contributed by atoms with Crippen LogP contribution in [0.25, 0.3) is 0 Å². The van der Waals surface area contributed by atoms with Crippen molar-refractivity contribution in [2.24, 2.45) is 10.7 Å². The van der Waals surface area contributed by atoms with Gasteiger partial charge < -0.3 is 15.8 Å². The number of aliphatic imine (C=N–C) groups is 1. The monoisotopic (exact) mass is 401 g/mol. The molecule has 9 heteroatoms. The lowest BCUT2D eigenvalue weighted by atomic mass is 9.89. The van der Waals surface area contributed by atoms with Crippen molar-refractivity contribution >= 4 is 34.2 Å². The summed E-state index contributed by atoms with van der Waals surface area (Å²) in [5, 5.41) is 12.6. The molecule has 0 fully saturated rings. The highest BCUT2D eigenvalue weighted by atomic mass is 32.2. The van der Waals surface area contributed by atoms with Gasteiger partial charge in [-0.2, -0.15) is 0 Å². The number of hydrogen-bond donors (Lipinski definition) is 3. The molecule has 1 atom stereocenters. The lowest BCUT2D eigenvalue weighted by molar-refractivity contribution is -0.730. The zero-order valence-electron chi connectivity index (χ0n) is 15.5. The molecule has 28 heavy (non-hydrogen) atoms. The first-order chi connectivity index (χ1) is 13.3. The smallest absolute Gasteiger partial charge is 0.358 e. The van der Waals surface area contributed by atoms with Crippen molar-refractivity contribution in [1.82, 2.24) is 0 Å². The van der Waals surface area contributed by atoms with E-state index < -0.39 is 11.4 Å². The Morgan fingerprint density at radius 2 is 2.14 bits per heavy atom. The van der Waals surface area contributed by atoms with Gasteiger partial charge >= 0.3 is 5.69 Å². The number of hydrogen-bond acceptors (Lipinski definition) is 6. The fourth-order valence-electron chi connectivity index (χ4n) is 3.01. The molecule has 3 rings (SSSR count). The molecular formula is C19H21N4O4S+. The molecule has 1 heterocycles. The number of thioether (sulfide) groups is 1. The van der Waals surface area contributed by atoms with Crippen molar-refractivity contribution in [3.63, 3.8) is 0 Å². The average molecular weight is 401 g/mol. The Bertz CT molecular complexity index is 963. The van der Waals surface area contributed by atoms with E-state index in [0.29, 0.717) is 10.9 Å². The van der Waals surface area contributed by atoms with Crippen LogP contribution in [0.4, 0.5) is 11.4 Å². The van der Waals surface area contributed by atoms with Gasteiger partial charge in [0.1, 0.15) is 0 Å². The van der Waals surface area contributed by atoms with E-state index in [4.69, 9.17) is 10.5 Å². The maximum Gasteiger partial charge on any atom is 0.358 e. The normalized spacial score (nSPS) is 18.9. The Balaban J connectivity index is 1.85. The van der Waals surface area contributed by atoms with Crippen LogP contribution in [-0.2, 0) is 5.54 Å². The fraction of sp³-hybridized carbons (Fsp3) is 0.263. The molecule has 1 amide bonds. The van der Waals surface area contributed by atoms with Gasteiger partial charge in [-0.3, -0.25) is 9.79 Å². The molecule has 0 saturated heterocycles. The van der Waals surface area contributed by atoms with Crippen LogP contribution in [0.2, 0.25) is 0 Å². The summed E-state index contributed by atoms with van der Waals surface area (Å²) < 4.78 is 5.00. The van der Waals surface area contributed by atoms with Crippen LogP contribution in [-0.4, -0.2) is 34.1 Å². The quantitative estimate of drug-likeness (QED) is 0.661. The van der Waals surface area contributed by atoms with Crippen LogP contribution in [0.1, 0.15) is 29.3 Å². The Morgan fingerprint density at radius 3 is 2.82 bits per heavy atom. The van der Waals surface area contributed by atoms with Gasteiger partial charge in [-0.1, -0.05) is 23.9 Å². The first kappa shape index (κ1) is 19.7. The number of rotatable bonds is 5. The van der Waals surface area contributed by atoms with Gasteiger partial charge in [-0.05, 0) is 43.2 Å². The molecule has 0 spiro atoms. The summed E-state index contributed by atoms with van der Waals surface area (Å²) in [6.45, 7) is 2.01. The topological polar surface area (TPSA) is 117 Å². The van der Waals surface area contributed by atoms with Crippen molar-refractivity contribution in [3.8, 4) is 5.75 Å². The number of carbonyl (C=O) groups is 1. The average Bonchev–Trinajstić information content (AvgIpc) is 2.67. The summed E-state index contributed by atoms with van der Waals surface area (Å²) in [6, 6.07) is 11.6. The van der Waals surface area contributed by atoms with Crippen LogP contribution < -0.4 is 15.8 Å². The molecule has 0 aromatic heterocycles. The number of nitrogens with zero attached hydrogens (tertiary/aromatic N) is 2. The number of methoxy groups -OCH3 is 1. The largest absolute Gasteiger partial charge is 0.490 e. The predicted molar refractivity (Wildman–Crippen MR) is 109 cm³/mol. The highest BCUT2D eigenvalue weighted by molar-refractivity contribution is 8.13. The van der Waals surface area contributed by atoms with Crippen LogP contribution in [0.3, 0.4) is 0 Å². The summed E-state index contributed by atoms with van der Waals surface area (Å²) in [4.78, 5) is 28.1. The molecule has 0 saturated carbocycles. The maximum atomic E-state index is 12.6. The van der Waals surface area contributed by atoms with Gasteiger partial charge in [0, 0.05) is 23.1 Å². The van der Waals surface area contributed by atoms with Crippen LogP contribution in [0.15, 0.2) is 47.5 Å². The second kappa shape index (κ2) is 7.89. The van der Waals surface area contributed by atoms with Gasteiger partial charge in [-0.15, -0.1) is 0 Å². The van der Waals surface area contributed by atoms with Crippen molar-refractivity contribution < 1.29 is 19.7 Å². The van der Waals surface area contributed by atoms with Crippen molar-refractivity contribution in [3.05, 3.63) is 58.5 Å². The number of benzene rings is 2. The zero-order chi connectivity index (χ0) is 20.3. The molecular weight excluding hydrogens is 380 g/mol. The number of anilines is 1. The Kier molecular flexibility index (Phi) is 5.55. The van der Waals surface area contributed by atoms with Gasteiger partial charge in [0.25, 0.3) is 10.8 Å². The van der Waals surface area contributed by atoms with E-state index in [1.54, 1.807) is 6.07 Å². The van der Waals surface area contributed by atoms with E-state index in [-0.39, 0.29) is 21.9 Å². The number of amides is 1. The van der Waals surface area contributed by atoms with Crippen molar-refractivity contribution in [1.29, 1.82) is 0 Å². The maximum absolute atomic E-state index is 12.6. The molecule has 1 aliphatic heterocycles. The van der Waals surface area contributed by atoms with Crippen LogP contribution in [0.5, 0.6) is 5.75 Å². The van der Waals surface area contributed by atoms with Crippen molar-refractivity contribution in [2.45, 2.75) is 18.9 Å². The van der Waals surface area contributed by atoms with E-state index in [1.807, 2.05) is 25.1 Å². The summed E-state index contributed by atoms with van der Waals surface area (Å²) in [5.74, 6) is 0.619. The molecule has 0 bridgehead atoms. The third-order valence-electron chi connectivity index (χ3n) is 4.59. The minimum atomic E-state index is -0.441. The zero-order valence-corrected chi connectivity index (χ0v) is 16.3. The lowest BCUT2D eigenvalue weighted by Crippen LogP contribution is -2.28. The van der Waals surface area contributed by atoms with Gasteiger partial charge in [-0.25, -0.2) is 5.21 Å². The van der Waals surface area contributed by atoms with E-state index in [0.717, 1.165) is 17.7 Å². The van der Waals surface area contributed by atoms with Gasteiger partial charge in [0.15, 0.2) is 5.17 Å². The highest BCUT2D eigenvalue weighted by Gasteiger charge is 2.29. The first-order valence-corrected chi connectivity index (χ1v) is 9.55. The first-order valence-electron chi connectivity index (χ1n) is 8.56. The molecule has 4 N–H and O–H groups in total. The number of amidine groups is 1. The standard InChI is InChI=1S/C19H20N4O4S/c1-19(8-9-28-18(20)22-19)13-4-3-5-14(11-13)21-17(24)12-6-7-16(27-2)15(10-12)23(25)26/h3-7,10-11H,8-9H2,1-2H3,(H3-,20,21,22,24,25,26)/p+1.